The van der Waals surface area contributed by atoms with Crippen LogP contribution in [-0.2, 0) is 4.79 Å². The molecule has 5 nitrogen and oxygen atoms in total. The maximum Gasteiger partial charge on any atom is 0.266 e. The average Bonchev–Trinajstić information content (AvgIpc) is 3.02. The number of thioether (sulfide) groups is 1. The molecule has 32 heavy (non-hydrogen) atoms. The number of nitrogens with zero attached hydrogens (tertiary/aromatic N) is 1. The van der Waals surface area contributed by atoms with E-state index in [1.807, 2.05) is 13.0 Å². The molecular weight excluding hydrogens is 489 g/mol. The number of carbonyl (C=O) groups is 1. The zero-order valence-corrected chi connectivity index (χ0v) is 20.7. The summed E-state index contributed by atoms with van der Waals surface area (Å²) in [5, 5.41) is 1.05. The Balaban J connectivity index is 1.68. The largest absolute Gasteiger partial charge is 0.493 e. The molecule has 0 atom stereocenters. The summed E-state index contributed by atoms with van der Waals surface area (Å²) in [5.74, 6) is 1.40. The first-order valence-corrected chi connectivity index (χ1v) is 11.6. The number of thiocarbonyl (C=S) groups is 1. The Hall–Kier alpha value is -2.19. The normalized spacial score (nSPS) is 14.8. The molecule has 9 heteroatoms. The van der Waals surface area contributed by atoms with Crippen molar-refractivity contribution in [1.82, 2.24) is 4.90 Å². The molecule has 2 aromatic rings. The van der Waals surface area contributed by atoms with Crippen LogP contribution in [0.2, 0.25) is 10.0 Å². The third-order valence-corrected chi connectivity index (χ3v) is 6.55. The van der Waals surface area contributed by atoms with Crippen LogP contribution in [0.4, 0.5) is 0 Å². The number of hydrogen-bond acceptors (Lipinski definition) is 6. The van der Waals surface area contributed by atoms with Crippen LogP contribution in [0.25, 0.3) is 6.08 Å². The number of benzene rings is 2. The lowest BCUT2D eigenvalue weighted by atomic mass is 10.1. The van der Waals surface area contributed by atoms with E-state index in [1.165, 1.54) is 23.8 Å². The molecule has 2 aromatic carbocycles. The predicted octanol–water partition coefficient (Wildman–Crippen LogP) is 6.16. The molecule has 1 heterocycles. The molecular formula is C23H21Cl2NO4S2. The van der Waals surface area contributed by atoms with E-state index in [9.17, 15) is 4.79 Å². The van der Waals surface area contributed by atoms with Gasteiger partial charge in [-0.05, 0) is 54.5 Å². The third-order valence-electron chi connectivity index (χ3n) is 4.46. The van der Waals surface area contributed by atoms with E-state index in [0.29, 0.717) is 55.2 Å². The molecule has 1 aliphatic heterocycles. The molecule has 1 aliphatic rings. The first kappa shape index (κ1) is 24.5. The summed E-state index contributed by atoms with van der Waals surface area (Å²) in [6, 6.07) is 8.92. The van der Waals surface area contributed by atoms with Crippen molar-refractivity contribution in [2.75, 3.05) is 26.9 Å². The molecule has 0 bridgehead atoms. The molecule has 0 aromatic heterocycles. The van der Waals surface area contributed by atoms with Crippen LogP contribution < -0.4 is 14.2 Å². The van der Waals surface area contributed by atoms with E-state index in [1.54, 1.807) is 36.4 Å². The van der Waals surface area contributed by atoms with Crippen LogP contribution in [0, 0.1) is 6.92 Å². The summed E-state index contributed by atoms with van der Waals surface area (Å²) in [6.07, 6.45) is 3.37. The van der Waals surface area contributed by atoms with Crippen molar-refractivity contribution in [3.05, 3.63) is 69.1 Å². The monoisotopic (exact) mass is 509 g/mol. The maximum absolute atomic E-state index is 12.5. The van der Waals surface area contributed by atoms with Gasteiger partial charge in [-0.25, -0.2) is 0 Å². The second-order valence-electron chi connectivity index (χ2n) is 6.72. The van der Waals surface area contributed by atoms with Gasteiger partial charge in [0, 0.05) is 11.6 Å². The number of hydrogen-bond donors (Lipinski definition) is 0. The van der Waals surface area contributed by atoms with Gasteiger partial charge in [-0.15, -0.1) is 6.58 Å². The van der Waals surface area contributed by atoms with E-state index >= 15 is 0 Å². The zero-order chi connectivity index (χ0) is 23.3. The Morgan fingerprint density at radius 2 is 1.91 bits per heavy atom. The van der Waals surface area contributed by atoms with Gasteiger partial charge < -0.3 is 14.2 Å². The summed E-state index contributed by atoms with van der Waals surface area (Å²) in [5.41, 5.74) is 1.64. The Labute approximate surface area is 206 Å². The van der Waals surface area contributed by atoms with Crippen LogP contribution in [-0.4, -0.2) is 42.0 Å². The molecule has 1 amide bonds. The maximum atomic E-state index is 12.5. The molecule has 0 radical (unpaired) electrons. The van der Waals surface area contributed by atoms with E-state index in [2.05, 4.69) is 6.58 Å². The lowest BCUT2D eigenvalue weighted by Crippen LogP contribution is -2.27. The van der Waals surface area contributed by atoms with E-state index in [-0.39, 0.29) is 12.5 Å². The summed E-state index contributed by atoms with van der Waals surface area (Å²) in [4.78, 5) is 14.5. The van der Waals surface area contributed by atoms with Gasteiger partial charge in [0.2, 0.25) is 0 Å². The number of halogens is 2. The summed E-state index contributed by atoms with van der Waals surface area (Å²) in [7, 11) is 1.53. The van der Waals surface area contributed by atoms with Gasteiger partial charge >= 0.3 is 0 Å². The highest BCUT2D eigenvalue weighted by Crippen LogP contribution is 2.39. The quantitative estimate of drug-likeness (QED) is 0.174. The number of ether oxygens (including phenoxy) is 3. The molecule has 0 unspecified atom stereocenters. The second kappa shape index (κ2) is 11.1. The first-order chi connectivity index (χ1) is 15.3. The fourth-order valence-electron chi connectivity index (χ4n) is 2.91. The molecule has 0 spiro atoms. The number of amides is 1. The predicted molar refractivity (Wildman–Crippen MR) is 135 cm³/mol. The number of methoxy groups -OCH3 is 1. The first-order valence-electron chi connectivity index (χ1n) is 9.59. The van der Waals surface area contributed by atoms with Crippen LogP contribution >= 0.6 is 47.2 Å². The van der Waals surface area contributed by atoms with Crippen molar-refractivity contribution in [3.8, 4) is 17.2 Å². The smallest absolute Gasteiger partial charge is 0.266 e. The Morgan fingerprint density at radius 3 is 2.59 bits per heavy atom. The van der Waals surface area contributed by atoms with Gasteiger partial charge in [-0.2, -0.15) is 0 Å². The Morgan fingerprint density at radius 1 is 1.16 bits per heavy atom. The second-order valence-corrected chi connectivity index (χ2v) is 9.21. The Bertz CT molecular complexity index is 1090. The van der Waals surface area contributed by atoms with E-state index in [0.717, 1.165) is 5.56 Å². The van der Waals surface area contributed by atoms with Crippen LogP contribution in [0.5, 0.6) is 17.2 Å². The van der Waals surface area contributed by atoms with Crippen LogP contribution in [0.15, 0.2) is 47.9 Å². The molecule has 168 valence electrons. The van der Waals surface area contributed by atoms with Crippen molar-refractivity contribution in [1.29, 1.82) is 0 Å². The summed E-state index contributed by atoms with van der Waals surface area (Å²) in [6.45, 7) is 6.52. The van der Waals surface area contributed by atoms with Crippen LogP contribution in [0.3, 0.4) is 0 Å². The van der Waals surface area contributed by atoms with Crippen molar-refractivity contribution in [2.24, 2.45) is 0 Å². The van der Waals surface area contributed by atoms with Gasteiger partial charge in [0.15, 0.2) is 11.5 Å². The number of aryl methyl sites for hydroxylation is 1. The van der Waals surface area contributed by atoms with E-state index in [4.69, 9.17) is 49.6 Å². The van der Waals surface area contributed by atoms with Crippen molar-refractivity contribution in [2.45, 2.75) is 6.92 Å². The van der Waals surface area contributed by atoms with Gasteiger partial charge in [0.05, 0.1) is 17.0 Å². The molecule has 0 aliphatic carbocycles. The lowest BCUT2D eigenvalue weighted by Gasteiger charge is -2.14. The topological polar surface area (TPSA) is 48.0 Å². The minimum absolute atomic E-state index is 0.162. The fraction of sp³-hybridized carbons (Fsp3) is 0.217. The van der Waals surface area contributed by atoms with E-state index < -0.39 is 0 Å². The number of rotatable bonds is 9. The minimum atomic E-state index is -0.162. The SMILES string of the molecule is C=CCN1C(=O)C(=Cc2cc(Cl)c(OCCOc3ccc(Cl)c(C)c3)c(OC)c2)SC1=S. The zero-order valence-electron chi connectivity index (χ0n) is 17.5. The molecule has 3 rings (SSSR count). The highest BCUT2D eigenvalue weighted by atomic mass is 35.5. The average molecular weight is 510 g/mol. The molecule has 0 saturated carbocycles. The molecule has 1 saturated heterocycles. The van der Waals surface area contributed by atoms with Crippen molar-refractivity contribution in [3.63, 3.8) is 0 Å². The summed E-state index contributed by atoms with van der Waals surface area (Å²) >= 11 is 19.0. The lowest BCUT2D eigenvalue weighted by molar-refractivity contribution is -0.121. The Kier molecular flexibility index (Phi) is 8.48. The molecule has 0 N–H and O–H groups in total. The van der Waals surface area contributed by atoms with Gasteiger partial charge in [-0.1, -0.05) is 53.3 Å². The van der Waals surface area contributed by atoms with Crippen LogP contribution in [0.1, 0.15) is 11.1 Å². The standard InChI is InChI=1S/C23H21Cl2NO4S2/c1-4-7-26-22(27)20(32-23(26)31)13-15-11-18(25)21(19(12-15)28-3)30-9-8-29-16-5-6-17(24)14(2)10-16/h4-6,10-13H,1,7-9H2,2-3H3. The molecule has 1 fully saturated rings. The summed E-state index contributed by atoms with van der Waals surface area (Å²) < 4.78 is 17.4. The highest BCUT2D eigenvalue weighted by Gasteiger charge is 2.31. The fourth-order valence-corrected chi connectivity index (χ4v) is 4.58. The van der Waals surface area contributed by atoms with Gasteiger partial charge in [-0.3, -0.25) is 9.69 Å². The highest BCUT2D eigenvalue weighted by molar-refractivity contribution is 8.26. The number of carbonyl (C=O) groups excluding carboxylic acids is 1. The van der Waals surface area contributed by atoms with Gasteiger partial charge in [0.1, 0.15) is 23.3 Å². The van der Waals surface area contributed by atoms with Crippen molar-refractivity contribution >= 4 is 63.5 Å². The third kappa shape index (κ3) is 5.78. The minimum Gasteiger partial charge on any atom is -0.493 e. The van der Waals surface area contributed by atoms with Gasteiger partial charge in [0.25, 0.3) is 5.91 Å². The van der Waals surface area contributed by atoms with Crippen molar-refractivity contribution < 1.29 is 19.0 Å².